The summed E-state index contributed by atoms with van der Waals surface area (Å²) >= 11 is 0. The number of aliphatic hydroxyl groups is 8. The highest BCUT2D eigenvalue weighted by atomic mass is 31.2. The second-order valence-electron chi connectivity index (χ2n) is 37.8. The van der Waals surface area contributed by atoms with E-state index >= 15 is 13.2 Å². The first kappa shape index (κ1) is 96.4. The number of ether oxygens (including phenoxy) is 6. The molecular weight excluding hydrogens is 1690 g/mol. The van der Waals surface area contributed by atoms with Crippen molar-refractivity contribution >= 4 is 68.1 Å². The van der Waals surface area contributed by atoms with Gasteiger partial charge in [-0.3, -0.25) is 37.8 Å². The highest BCUT2D eigenvalue weighted by Gasteiger charge is 2.83. The molecule has 2 aromatic carbocycles. The minimum Gasteiger partial charge on any atom is -0.464 e. The standard InChI is InChI=1S/C34H42FO11P.C24H31FO6.C21H27FO6.C13H17O6P/c1-5-42-30(40)20(2)45-47(41,46-23-9-7-6-8-10-23)19-29-43-28-16-25-24-12-11-21-15-22(37)13-14-31(21,3)33(24,35)26(38)17-32(25,4)34(28,44-29)27(39)18-36;1-20(2)30-19-10-16-15-6-5-13-9-14(27)7-8-21(13,3)23(15,25)17(28)11-22(16,4)24(19,31-20)18(29)12-26;1-18-6-5-12(24)7-11(18)3-4-13-14-8-15(25)21(28,17(27)10-23)19(14,2)9-16(26)20(13,18)22;1-3-17-13(15)11(2)18-20(16,10-9-14)19-12-7-5-4-6-8-12/h6-10,13-15,20,24-26,28-29,36,38H,5,11-12,16-19H2,1-4H3;7-9,15-17,19,26,28H,5-6,10-12H2,1-4H3;5-7,13-16,23,25-26,28H,3-4,8-10H2,1-2H3;4-9,11H,3,10H2,1-2H3/t20-,24-,25-,26-,28+,29?,31-,32-,33-,34+,47?;15-,16-,17-,19+,21-,22-,23-,24+;13-,14-,15+,16-,18-,19-,20-,21-;11-,20?/m0001/s1. The molecule has 3 unspecified atom stereocenters. The van der Waals surface area contributed by atoms with Crippen LogP contribution in [0.2, 0.25) is 0 Å². The molecule has 8 N–H and O–H groups in total. The number of benzene rings is 2. The third-order valence-corrected chi connectivity index (χ3v) is 34.7. The fourth-order valence-electron chi connectivity index (χ4n) is 25.4. The first-order valence-corrected chi connectivity index (χ1v) is 46.7. The molecule has 34 heteroatoms. The Kier molecular flexibility index (Phi) is 26.4. The largest absolute Gasteiger partial charge is 0.464 e. The maximum atomic E-state index is 17.6. The quantitative estimate of drug-likeness (QED) is 0.0309. The number of alkyl halides is 3. The number of aldehydes is 1. The Labute approximate surface area is 729 Å². The number of halogens is 3. The molecule has 2 aromatic rings. The van der Waals surface area contributed by atoms with Gasteiger partial charge in [0.2, 0.25) is 0 Å². The number of ketones is 6. The van der Waals surface area contributed by atoms with E-state index in [4.69, 9.17) is 46.5 Å². The fraction of sp³-hybridized carbons (Fsp3) is 0.641. The molecule has 126 heavy (non-hydrogen) atoms. The number of hydrogen-bond donors (Lipinski definition) is 8. The number of aliphatic hydroxyl groups excluding tert-OH is 7. The molecule has 0 amide bonds. The third-order valence-electron chi connectivity index (χ3n) is 31.1. The van der Waals surface area contributed by atoms with E-state index in [9.17, 15) is 93.1 Å². The van der Waals surface area contributed by atoms with E-state index in [1.807, 2.05) is 6.92 Å². The molecule has 2 heterocycles. The van der Waals surface area contributed by atoms with Crippen LogP contribution in [0.25, 0.3) is 0 Å². The lowest BCUT2D eigenvalue weighted by molar-refractivity contribution is -0.246. The Hall–Kier alpha value is -7.20. The van der Waals surface area contributed by atoms with Crippen molar-refractivity contribution in [3.05, 3.63) is 132 Å². The maximum Gasteiger partial charge on any atom is 0.387 e. The second-order valence-corrected chi connectivity index (χ2v) is 41.8. The molecule has 2 aliphatic heterocycles. The maximum absolute atomic E-state index is 17.6. The smallest absolute Gasteiger partial charge is 0.387 e. The van der Waals surface area contributed by atoms with E-state index in [2.05, 4.69) is 0 Å². The molecule has 2 saturated heterocycles. The van der Waals surface area contributed by atoms with E-state index in [0.29, 0.717) is 68.1 Å². The number of rotatable bonds is 22. The van der Waals surface area contributed by atoms with Gasteiger partial charge in [0.1, 0.15) is 49.9 Å². The van der Waals surface area contributed by atoms with Crippen LogP contribution in [0.5, 0.6) is 11.5 Å². The summed E-state index contributed by atoms with van der Waals surface area (Å²) in [6.45, 7) is 17.6. The predicted octanol–water partition coefficient (Wildman–Crippen LogP) is 9.71. The van der Waals surface area contributed by atoms with Crippen LogP contribution in [-0.2, 0) is 89.7 Å². The summed E-state index contributed by atoms with van der Waals surface area (Å²) in [4.78, 5) is 110. The zero-order valence-corrected chi connectivity index (χ0v) is 74.6. The van der Waals surface area contributed by atoms with Gasteiger partial charge in [0, 0.05) is 50.2 Å². The van der Waals surface area contributed by atoms with Crippen LogP contribution < -0.4 is 9.05 Å². The zero-order valence-electron chi connectivity index (χ0n) is 72.8. The first-order chi connectivity index (χ1) is 59.0. The van der Waals surface area contributed by atoms with E-state index < -0.39 is 233 Å². The molecule has 16 rings (SSSR count). The van der Waals surface area contributed by atoms with Gasteiger partial charge in [-0.25, -0.2) is 31.9 Å². The van der Waals surface area contributed by atoms with Crippen LogP contribution in [-0.4, -0.2) is 234 Å². The molecule has 0 radical (unpaired) electrons. The monoisotopic (exact) mass is 1800 g/mol. The minimum atomic E-state index is -4.24. The van der Waals surface area contributed by atoms with Crippen LogP contribution >= 0.6 is 15.2 Å². The molecule has 0 spiro atoms. The van der Waals surface area contributed by atoms with Crippen molar-refractivity contribution in [2.45, 2.75) is 255 Å². The summed E-state index contributed by atoms with van der Waals surface area (Å²) in [5.41, 5.74) is -16.5. The van der Waals surface area contributed by atoms with Crippen molar-refractivity contribution in [1.82, 2.24) is 0 Å². The average molecular weight is 1810 g/mol. The van der Waals surface area contributed by atoms with Crippen LogP contribution in [0, 0.1) is 68.0 Å². The molecule has 29 nitrogen and oxygen atoms in total. The Balaban J connectivity index is 0.000000151. The van der Waals surface area contributed by atoms with Crippen LogP contribution in [0.15, 0.2) is 132 Å². The molecular formula is C92H117F3O29P2. The second kappa shape index (κ2) is 34.5. The molecule has 12 aliphatic carbocycles. The van der Waals surface area contributed by atoms with Gasteiger partial charge < -0.3 is 83.1 Å². The predicted molar refractivity (Wildman–Crippen MR) is 443 cm³/mol. The lowest BCUT2D eigenvalue weighted by Crippen LogP contribution is -2.70. The van der Waals surface area contributed by atoms with Gasteiger partial charge in [-0.1, -0.05) is 92.1 Å². The zero-order chi connectivity index (χ0) is 92.3. The molecule has 0 aromatic heterocycles. The number of carbonyl (C=O) groups excluding carboxylic acids is 9. The van der Waals surface area contributed by atoms with Crippen LogP contribution in [0.3, 0.4) is 0 Å². The highest BCUT2D eigenvalue weighted by Crippen LogP contribution is 2.76. The summed E-state index contributed by atoms with van der Waals surface area (Å²) in [7, 11) is -7.99. The Morgan fingerprint density at radius 3 is 1.29 bits per heavy atom. The van der Waals surface area contributed by atoms with Crippen molar-refractivity contribution in [3.8, 4) is 11.5 Å². The van der Waals surface area contributed by atoms with Gasteiger partial charge in [0.05, 0.1) is 49.8 Å². The van der Waals surface area contributed by atoms with E-state index in [1.165, 1.54) is 56.4 Å². The lowest BCUT2D eigenvalue weighted by Gasteiger charge is -2.62. The number of fused-ring (bicyclic) bond motifs is 19. The molecule has 29 atom stereocenters. The van der Waals surface area contributed by atoms with Crippen molar-refractivity contribution in [2.24, 2.45) is 68.0 Å². The van der Waals surface area contributed by atoms with E-state index in [-0.39, 0.29) is 74.3 Å². The molecule has 11 fully saturated rings. The summed E-state index contributed by atoms with van der Waals surface area (Å²) in [6, 6.07) is 16.5. The Morgan fingerprint density at radius 1 is 0.508 bits per heavy atom. The summed E-state index contributed by atoms with van der Waals surface area (Å²) in [5.74, 6) is -7.89. The number of hydrogen-bond acceptors (Lipinski definition) is 29. The summed E-state index contributed by atoms with van der Waals surface area (Å²) in [6.07, 6.45) is 4.28. The topological polar surface area (TPSA) is 442 Å². The molecule has 0 bridgehead atoms. The molecule has 690 valence electrons. The number of Topliss-reactive ketones (excluding diaryl/α,β-unsaturated/α-hetero) is 3. The number of para-hydroxylation sites is 2. The van der Waals surface area contributed by atoms with Crippen molar-refractivity contribution in [3.63, 3.8) is 0 Å². The fourth-order valence-corrected chi connectivity index (χ4v) is 28.5. The number of allylic oxidation sites excluding steroid dienone is 12. The Bertz CT molecular complexity index is 4920. The summed E-state index contributed by atoms with van der Waals surface area (Å²) < 4.78 is 135. The van der Waals surface area contributed by atoms with Crippen molar-refractivity contribution in [1.29, 1.82) is 0 Å². The van der Waals surface area contributed by atoms with Gasteiger partial charge >= 0.3 is 27.1 Å². The van der Waals surface area contributed by atoms with Crippen LogP contribution in [0.1, 0.15) is 160 Å². The molecule has 9 saturated carbocycles. The average Bonchev–Trinajstić information content (AvgIpc) is 1.48. The van der Waals surface area contributed by atoms with E-state index in [1.54, 1.807) is 135 Å². The number of esters is 2. The van der Waals surface area contributed by atoms with Crippen LogP contribution in [0.4, 0.5) is 13.2 Å². The van der Waals surface area contributed by atoms with Gasteiger partial charge in [0.15, 0.2) is 92.8 Å². The first-order valence-electron chi connectivity index (χ1n) is 43.3. The van der Waals surface area contributed by atoms with Gasteiger partial charge in [0.25, 0.3) is 0 Å². The van der Waals surface area contributed by atoms with E-state index in [0.717, 1.165) is 5.57 Å². The Morgan fingerprint density at radius 2 is 0.881 bits per heavy atom. The van der Waals surface area contributed by atoms with Gasteiger partial charge in [-0.15, -0.1) is 0 Å². The summed E-state index contributed by atoms with van der Waals surface area (Å²) in [5, 5.41) is 85.2. The minimum absolute atomic E-state index is 0.0109. The highest BCUT2D eigenvalue weighted by molar-refractivity contribution is 7.55. The SMILES string of the molecule is CC1(C)O[C@@H]2C[C@H]3[C@@H]4CCC5=CC(=O)C=C[C@]5(C)[C@@]4(F)[C@@H](O)C[C@]3(C)[C@]2(C(=O)CO)O1.CCOC(=O)[C@@H](C)OP(=O)(CC=O)Oc1ccccc1.CCOC(=O)[C@H](C)OP(=O)(CC1O[C@@H]2C[C@H]3[C@@H]4CCC5=CC(=O)C=C[C@]5(C)[C@@]4(F)[C@@H](O)C[C@]3(C)[C@]2(C(=O)CO)O1)Oc1ccccc1.C[C@]12C=CC(=O)C=C1CC[C@H]1[C@@H]3C[C@@H](O)[C@](O)(C(=O)CO)[C@@]3(C)C[C@H](O)[C@@]12F. The molecule has 14 aliphatic rings. The van der Waals surface area contributed by atoms with Gasteiger partial charge in [-0.05, 0) is 218 Å². The van der Waals surface area contributed by atoms with Gasteiger partial charge in [-0.2, -0.15) is 0 Å². The van der Waals surface area contributed by atoms with Crippen molar-refractivity contribution in [2.75, 3.05) is 45.4 Å². The number of carbonyl (C=O) groups is 9. The lowest BCUT2D eigenvalue weighted by atomic mass is 9.44. The normalized spacial score (nSPS) is 42.0. The third kappa shape index (κ3) is 14.9. The van der Waals surface area contributed by atoms with Crippen molar-refractivity contribution < 1.29 is 153 Å².